The summed E-state index contributed by atoms with van der Waals surface area (Å²) in [7, 11) is 0. The van der Waals surface area contributed by atoms with Crippen LogP contribution in [0.25, 0.3) is 32.9 Å². The number of benzene rings is 2. The summed E-state index contributed by atoms with van der Waals surface area (Å²) >= 11 is 0. The number of aromatic amines is 1. The second-order valence-electron chi connectivity index (χ2n) is 11.8. The van der Waals surface area contributed by atoms with E-state index in [2.05, 4.69) is 31.1 Å². The third-order valence-electron chi connectivity index (χ3n) is 8.98. The predicted molar refractivity (Wildman–Crippen MR) is 159 cm³/mol. The van der Waals surface area contributed by atoms with Crippen molar-refractivity contribution in [1.29, 1.82) is 0 Å². The van der Waals surface area contributed by atoms with Gasteiger partial charge >= 0.3 is 6.01 Å². The van der Waals surface area contributed by atoms with Gasteiger partial charge in [0, 0.05) is 30.5 Å². The minimum Gasteiger partial charge on any atom is -0.508 e. The van der Waals surface area contributed by atoms with Crippen molar-refractivity contribution in [3.8, 4) is 35.4 Å². The molecule has 0 bridgehead atoms. The third kappa shape index (κ3) is 4.80. The van der Waals surface area contributed by atoms with E-state index in [1.54, 1.807) is 0 Å². The molecule has 3 fully saturated rings. The van der Waals surface area contributed by atoms with Crippen molar-refractivity contribution in [2.45, 2.75) is 49.9 Å². The van der Waals surface area contributed by atoms with Gasteiger partial charge in [0.2, 0.25) is 0 Å². The molecule has 3 atom stereocenters. The molecule has 0 saturated carbocycles. The van der Waals surface area contributed by atoms with Crippen molar-refractivity contribution in [1.82, 2.24) is 19.9 Å². The lowest BCUT2D eigenvalue weighted by atomic mass is 9.95. The molecule has 3 saturated heterocycles. The van der Waals surface area contributed by atoms with Crippen LogP contribution in [0.5, 0.6) is 11.8 Å². The maximum Gasteiger partial charge on any atom is 0.319 e. The first kappa shape index (κ1) is 28.4. The maximum atomic E-state index is 16.6. The van der Waals surface area contributed by atoms with Crippen LogP contribution in [0, 0.1) is 24.0 Å². The summed E-state index contributed by atoms with van der Waals surface area (Å²) in [6.07, 6.45) is 8.17. The lowest BCUT2D eigenvalue weighted by Crippen LogP contribution is -2.43. The number of fused-ring (bicyclic) bond motifs is 3. The summed E-state index contributed by atoms with van der Waals surface area (Å²) in [5.74, 6) is 0.471. The summed E-state index contributed by atoms with van der Waals surface area (Å²) in [5, 5.41) is 14.0. The fraction of sp³-hybridized carbons (Fsp3) is 0.406. The van der Waals surface area contributed by atoms with Gasteiger partial charge in [-0.25, -0.2) is 13.2 Å². The molecule has 0 radical (unpaired) electrons. The number of phenols is 1. The van der Waals surface area contributed by atoms with Crippen LogP contribution in [0.3, 0.4) is 0 Å². The highest BCUT2D eigenvalue weighted by atomic mass is 19.1. The molecule has 0 spiro atoms. The SMILES string of the molecule is C#Cc1c(F)ccc2cc(O)cc(-c3[nH]c(=O)c4c(NC5CCCOC5)nc(OC[C@@]56CCCN5C[C@H](F)C6)nc4c3F)c12. The Morgan fingerprint density at radius 1 is 1.25 bits per heavy atom. The number of nitrogens with one attached hydrogen (secondary N) is 2. The Kier molecular flexibility index (Phi) is 7.10. The fourth-order valence-corrected chi connectivity index (χ4v) is 6.98. The van der Waals surface area contributed by atoms with Crippen LogP contribution in [-0.2, 0) is 4.74 Å². The Morgan fingerprint density at radius 2 is 2.11 bits per heavy atom. The zero-order valence-corrected chi connectivity index (χ0v) is 23.8. The molecule has 3 N–H and O–H groups in total. The second kappa shape index (κ2) is 11.0. The van der Waals surface area contributed by atoms with Gasteiger partial charge in [0.15, 0.2) is 5.82 Å². The van der Waals surface area contributed by atoms with Gasteiger partial charge < -0.3 is 24.9 Å². The number of aromatic hydroxyl groups is 1. The van der Waals surface area contributed by atoms with Crippen molar-refractivity contribution in [3.05, 3.63) is 51.8 Å². The molecule has 2 aromatic carbocycles. The molecule has 0 aliphatic carbocycles. The number of rotatable bonds is 6. The highest BCUT2D eigenvalue weighted by molar-refractivity contribution is 6.02. The predicted octanol–water partition coefficient (Wildman–Crippen LogP) is 4.65. The molecule has 44 heavy (non-hydrogen) atoms. The Morgan fingerprint density at radius 3 is 2.91 bits per heavy atom. The van der Waals surface area contributed by atoms with Crippen molar-refractivity contribution in [2.75, 3.05) is 38.2 Å². The molecule has 3 aliphatic rings. The van der Waals surface area contributed by atoms with E-state index in [9.17, 15) is 18.7 Å². The molecule has 12 heteroatoms. The van der Waals surface area contributed by atoms with Gasteiger partial charge in [-0.05, 0) is 55.8 Å². The van der Waals surface area contributed by atoms with E-state index < -0.39 is 28.9 Å². The van der Waals surface area contributed by atoms with Crippen LogP contribution < -0.4 is 15.6 Å². The van der Waals surface area contributed by atoms with E-state index in [0.29, 0.717) is 31.6 Å². The minimum absolute atomic E-state index is 0.0133. The Balaban J connectivity index is 1.39. The minimum atomic E-state index is -0.964. The summed E-state index contributed by atoms with van der Waals surface area (Å²) < 4.78 is 57.4. The molecule has 2 aromatic heterocycles. The van der Waals surface area contributed by atoms with E-state index in [1.807, 2.05) is 0 Å². The molecule has 5 heterocycles. The van der Waals surface area contributed by atoms with Crippen molar-refractivity contribution >= 4 is 27.5 Å². The monoisotopic (exact) mass is 605 g/mol. The van der Waals surface area contributed by atoms with Gasteiger partial charge in [-0.3, -0.25) is 9.69 Å². The Labute approximate surface area is 250 Å². The normalized spacial score (nSPS) is 23.6. The molecule has 7 rings (SSSR count). The molecule has 0 amide bonds. The van der Waals surface area contributed by atoms with Crippen molar-refractivity contribution < 1.29 is 27.8 Å². The van der Waals surface area contributed by atoms with Gasteiger partial charge in [-0.2, -0.15) is 9.97 Å². The molecule has 228 valence electrons. The number of halogens is 3. The molecule has 1 unspecified atom stereocenters. The van der Waals surface area contributed by atoms with Crippen LogP contribution in [0.2, 0.25) is 0 Å². The van der Waals surface area contributed by atoms with Gasteiger partial charge in [-0.1, -0.05) is 12.0 Å². The van der Waals surface area contributed by atoms with Crippen LogP contribution >= 0.6 is 0 Å². The van der Waals surface area contributed by atoms with Crippen molar-refractivity contribution in [2.24, 2.45) is 0 Å². The molecule has 9 nitrogen and oxygen atoms in total. The molecular weight excluding hydrogens is 575 g/mol. The highest BCUT2D eigenvalue weighted by Gasteiger charge is 2.49. The van der Waals surface area contributed by atoms with Crippen LogP contribution in [0.4, 0.5) is 19.0 Å². The number of H-pyrrole nitrogens is 1. The number of nitrogens with zero attached hydrogens (tertiary/aromatic N) is 3. The average Bonchev–Trinajstić information content (AvgIpc) is 3.53. The average molecular weight is 606 g/mol. The second-order valence-corrected chi connectivity index (χ2v) is 11.8. The van der Waals surface area contributed by atoms with Gasteiger partial charge in [0.1, 0.15) is 41.1 Å². The Bertz CT molecular complexity index is 1890. The lowest BCUT2D eigenvalue weighted by molar-refractivity contribution is 0.0874. The maximum absolute atomic E-state index is 16.6. The van der Waals surface area contributed by atoms with E-state index >= 15 is 4.39 Å². The summed E-state index contributed by atoms with van der Waals surface area (Å²) in [5.41, 5.74) is -2.05. The summed E-state index contributed by atoms with van der Waals surface area (Å²) in [4.78, 5) is 27.1. The van der Waals surface area contributed by atoms with E-state index in [4.69, 9.17) is 15.9 Å². The number of pyridine rings is 1. The first-order chi connectivity index (χ1) is 21.3. The molecule has 4 aromatic rings. The van der Waals surface area contributed by atoms with E-state index in [1.165, 1.54) is 18.2 Å². The summed E-state index contributed by atoms with van der Waals surface area (Å²) in [6, 6.07) is 4.78. The number of aromatic nitrogens is 3. The number of ether oxygens (including phenoxy) is 2. The molecular formula is C32H30F3N5O4. The van der Waals surface area contributed by atoms with Gasteiger partial charge in [0.25, 0.3) is 5.56 Å². The van der Waals surface area contributed by atoms with Crippen LogP contribution in [0.15, 0.2) is 29.1 Å². The quantitative estimate of drug-likeness (QED) is 0.273. The van der Waals surface area contributed by atoms with E-state index in [-0.39, 0.29) is 63.3 Å². The fourth-order valence-electron chi connectivity index (χ4n) is 6.98. The molecule has 3 aliphatic heterocycles. The number of terminal acetylenes is 1. The Hall–Kier alpha value is -4.34. The number of anilines is 1. The smallest absolute Gasteiger partial charge is 0.319 e. The first-order valence-electron chi connectivity index (χ1n) is 14.7. The standard InChI is InChI=1S/C32H30F3N5O4/c1-2-21-23(34)7-6-17-11-20(41)12-22(24(17)21)27-26(35)28-25(30(42)37-27)29(36-19-5-3-10-43-15-19)39-31(38-28)44-16-32-8-4-9-40(32)14-18(33)13-32/h1,6-7,11-12,18-19,41H,3-5,8-10,13-16H2,(H,37,42)(H,36,38,39)/t18-,19?,32+/m1/s1. The topological polar surface area (TPSA) is 113 Å². The zero-order chi connectivity index (χ0) is 30.6. The number of hydrogen-bond donors (Lipinski definition) is 3. The highest BCUT2D eigenvalue weighted by Crippen LogP contribution is 2.41. The van der Waals surface area contributed by atoms with Crippen LogP contribution in [0.1, 0.15) is 37.7 Å². The third-order valence-corrected chi connectivity index (χ3v) is 8.98. The van der Waals surface area contributed by atoms with Gasteiger partial charge in [-0.15, -0.1) is 6.42 Å². The van der Waals surface area contributed by atoms with Gasteiger partial charge in [0.05, 0.1) is 29.4 Å². The summed E-state index contributed by atoms with van der Waals surface area (Å²) in [6.45, 7) is 2.18. The van der Waals surface area contributed by atoms with Crippen LogP contribution in [-0.4, -0.2) is 75.6 Å². The van der Waals surface area contributed by atoms with Crippen molar-refractivity contribution in [3.63, 3.8) is 0 Å². The number of phenolic OH excluding ortho intramolecular Hbond substituents is 1. The zero-order valence-electron chi connectivity index (χ0n) is 23.8. The number of hydrogen-bond acceptors (Lipinski definition) is 8. The largest absolute Gasteiger partial charge is 0.508 e. The first-order valence-corrected chi connectivity index (χ1v) is 14.7. The lowest BCUT2D eigenvalue weighted by Gasteiger charge is -2.31. The number of alkyl halides is 1. The van der Waals surface area contributed by atoms with E-state index in [0.717, 1.165) is 38.3 Å².